The predicted molar refractivity (Wildman–Crippen MR) is 155 cm³/mol. The van der Waals surface area contributed by atoms with E-state index in [0.717, 1.165) is 31.0 Å². The zero-order chi connectivity index (χ0) is 32.0. The second-order valence-electron chi connectivity index (χ2n) is 12.2. The Balaban J connectivity index is 1.45. The van der Waals surface area contributed by atoms with Crippen molar-refractivity contribution in [3.63, 3.8) is 0 Å². The van der Waals surface area contributed by atoms with Crippen molar-refractivity contribution >= 4 is 23.5 Å². The Hall–Kier alpha value is -3.96. The van der Waals surface area contributed by atoms with Gasteiger partial charge in [0.2, 0.25) is 0 Å². The number of anilines is 1. The van der Waals surface area contributed by atoms with Crippen LogP contribution in [0.25, 0.3) is 0 Å². The molecule has 6 rings (SSSR count). The van der Waals surface area contributed by atoms with E-state index in [2.05, 4.69) is 16.7 Å². The SMILES string of the molecule is CCN1C(=O)C(NC(=O)c2cccc(C(F)(F)F)c2)[C@@H](C2CC2)c2c(C(=O)N3C[C@@H](NC)C[C@@H]3C#N)nn(C3CCOCC3)c21. The van der Waals surface area contributed by atoms with Gasteiger partial charge in [0.1, 0.15) is 17.9 Å². The van der Waals surface area contributed by atoms with E-state index in [1.165, 1.54) is 15.9 Å². The summed E-state index contributed by atoms with van der Waals surface area (Å²) < 4.78 is 47.6. The summed E-state index contributed by atoms with van der Waals surface area (Å²) >= 11 is 0. The first-order chi connectivity index (χ1) is 21.6. The third kappa shape index (κ3) is 5.68. The van der Waals surface area contributed by atoms with Gasteiger partial charge in [0, 0.05) is 49.4 Å². The Kier molecular flexibility index (Phi) is 8.34. The molecule has 1 saturated carbocycles. The largest absolute Gasteiger partial charge is 0.416 e. The molecule has 1 unspecified atom stereocenters. The third-order valence-corrected chi connectivity index (χ3v) is 9.44. The van der Waals surface area contributed by atoms with Gasteiger partial charge in [-0.3, -0.25) is 19.3 Å². The van der Waals surface area contributed by atoms with Gasteiger partial charge in [-0.25, -0.2) is 4.68 Å². The molecule has 2 saturated heterocycles. The summed E-state index contributed by atoms with van der Waals surface area (Å²) in [5, 5.41) is 20.7. The molecule has 1 aliphatic carbocycles. The molecule has 3 fully saturated rings. The van der Waals surface area contributed by atoms with Crippen LogP contribution >= 0.6 is 0 Å². The Bertz CT molecular complexity index is 1530. The number of hydrogen-bond acceptors (Lipinski definition) is 7. The minimum Gasteiger partial charge on any atom is -0.381 e. The van der Waals surface area contributed by atoms with Gasteiger partial charge in [-0.05, 0) is 70.2 Å². The van der Waals surface area contributed by atoms with Crippen LogP contribution in [0.3, 0.4) is 0 Å². The highest BCUT2D eigenvalue weighted by molar-refractivity contribution is 6.07. The Morgan fingerprint density at radius 3 is 2.53 bits per heavy atom. The number of nitriles is 1. The van der Waals surface area contributed by atoms with Gasteiger partial charge in [0.15, 0.2) is 5.69 Å². The number of amides is 3. The van der Waals surface area contributed by atoms with Crippen LogP contribution in [0.2, 0.25) is 0 Å². The monoisotopic (exact) mass is 627 g/mol. The van der Waals surface area contributed by atoms with Crippen LogP contribution < -0.4 is 15.5 Å². The molecule has 3 aliphatic heterocycles. The molecule has 14 heteroatoms. The van der Waals surface area contributed by atoms with Crippen molar-refractivity contribution in [2.24, 2.45) is 5.92 Å². The molecule has 3 amide bonds. The first-order valence-corrected chi connectivity index (χ1v) is 15.4. The maximum Gasteiger partial charge on any atom is 0.416 e. The fourth-order valence-corrected chi connectivity index (χ4v) is 6.96. The Morgan fingerprint density at radius 1 is 1.18 bits per heavy atom. The lowest BCUT2D eigenvalue weighted by atomic mass is 9.82. The lowest BCUT2D eigenvalue weighted by molar-refractivity contribution is -0.137. The number of benzene rings is 1. The number of nitrogens with one attached hydrogen (secondary N) is 2. The van der Waals surface area contributed by atoms with Crippen LogP contribution in [0.5, 0.6) is 0 Å². The number of nitrogens with zero attached hydrogens (tertiary/aromatic N) is 5. The van der Waals surface area contributed by atoms with Crippen LogP contribution in [0.4, 0.5) is 19.0 Å². The van der Waals surface area contributed by atoms with E-state index in [4.69, 9.17) is 9.84 Å². The van der Waals surface area contributed by atoms with Gasteiger partial charge in [-0.1, -0.05) is 6.07 Å². The molecule has 11 nitrogen and oxygen atoms in total. The molecule has 45 heavy (non-hydrogen) atoms. The normalized spacial score (nSPS) is 25.6. The van der Waals surface area contributed by atoms with Crippen molar-refractivity contribution in [1.82, 2.24) is 25.3 Å². The van der Waals surface area contributed by atoms with E-state index >= 15 is 0 Å². The Labute approximate surface area is 258 Å². The highest BCUT2D eigenvalue weighted by Gasteiger charge is 2.53. The van der Waals surface area contributed by atoms with Crippen molar-refractivity contribution in [3.8, 4) is 6.07 Å². The summed E-state index contributed by atoms with van der Waals surface area (Å²) in [7, 11) is 1.78. The highest BCUT2D eigenvalue weighted by atomic mass is 19.4. The average molecular weight is 628 g/mol. The fourth-order valence-electron chi connectivity index (χ4n) is 6.96. The summed E-state index contributed by atoms with van der Waals surface area (Å²) in [5.74, 6) is -1.79. The van der Waals surface area contributed by atoms with Crippen molar-refractivity contribution < 1.29 is 32.3 Å². The van der Waals surface area contributed by atoms with E-state index in [9.17, 15) is 32.8 Å². The molecule has 0 spiro atoms. The molecule has 0 bridgehead atoms. The number of carbonyl (C=O) groups excluding carboxylic acids is 3. The summed E-state index contributed by atoms with van der Waals surface area (Å²) in [5.41, 5.74) is -0.490. The lowest BCUT2D eigenvalue weighted by Gasteiger charge is -2.39. The molecule has 4 heterocycles. The maximum atomic E-state index is 14.3. The molecule has 0 radical (unpaired) electrons. The van der Waals surface area contributed by atoms with Gasteiger partial charge in [0.05, 0.1) is 17.7 Å². The number of alkyl halides is 3. The summed E-state index contributed by atoms with van der Waals surface area (Å²) in [6.45, 7) is 3.31. The quantitative estimate of drug-likeness (QED) is 0.482. The van der Waals surface area contributed by atoms with Gasteiger partial charge in [-0.2, -0.15) is 23.5 Å². The van der Waals surface area contributed by atoms with Crippen LogP contribution in [-0.2, 0) is 15.7 Å². The predicted octanol–water partition coefficient (Wildman–Crippen LogP) is 3.24. The Morgan fingerprint density at radius 2 is 1.91 bits per heavy atom. The van der Waals surface area contributed by atoms with Crippen molar-refractivity contribution in [1.29, 1.82) is 5.26 Å². The number of fused-ring (bicyclic) bond motifs is 1. The van der Waals surface area contributed by atoms with E-state index in [0.29, 0.717) is 50.4 Å². The second kappa shape index (κ2) is 12.1. The number of hydrogen-bond donors (Lipinski definition) is 2. The zero-order valence-corrected chi connectivity index (χ0v) is 25.1. The number of carbonyl (C=O) groups is 3. The van der Waals surface area contributed by atoms with Gasteiger partial charge in [-0.15, -0.1) is 0 Å². The number of likely N-dealkylation sites (tertiary alicyclic amines) is 1. The number of halogens is 3. The van der Waals surface area contributed by atoms with Crippen molar-refractivity contribution in [3.05, 3.63) is 46.6 Å². The molecule has 1 aromatic carbocycles. The van der Waals surface area contributed by atoms with Crippen LogP contribution in [0.15, 0.2) is 24.3 Å². The molecule has 4 aliphatic rings. The van der Waals surface area contributed by atoms with Crippen molar-refractivity contribution in [2.45, 2.75) is 75.3 Å². The van der Waals surface area contributed by atoms with Crippen molar-refractivity contribution in [2.75, 3.05) is 38.3 Å². The second-order valence-corrected chi connectivity index (χ2v) is 12.2. The summed E-state index contributed by atoms with van der Waals surface area (Å²) in [6, 6.07) is 4.32. The van der Waals surface area contributed by atoms with Gasteiger partial charge < -0.3 is 20.3 Å². The third-order valence-electron chi connectivity index (χ3n) is 9.44. The molecular weight excluding hydrogens is 591 g/mol. The first-order valence-electron chi connectivity index (χ1n) is 15.4. The van der Waals surface area contributed by atoms with Crippen LogP contribution in [0.1, 0.15) is 83.0 Å². The molecule has 240 valence electrons. The molecule has 2 aromatic rings. The minimum absolute atomic E-state index is 0.0483. The van der Waals surface area contributed by atoms with Gasteiger partial charge in [0.25, 0.3) is 17.7 Å². The average Bonchev–Trinajstić information content (AvgIpc) is 3.67. The number of ether oxygens (including phenoxy) is 1. The van der Waals surface area contributed by atoms with E-state index in [1.807, 2.05) is 0 Å². The molecule has 1 aromatic heterocycles. The molecule has 2 N–H and O–H groups in total. The minimum atomic E-state index is -4.64. The fraction of sp³-hybridized carbons (Fsp3) is 0.581. The van der Waals surface area contributed by atoms with E-state index in [-0.39, 0.29) is 35.8 Å². The van der Waals surface area contributed by atoms with Crippen LogP contribution in [-0.4, -0.2) is 83.9 Å². The highest BCUT2D eigenvalue weighted by Crippen LogP contribution is 2.52. The number of rotatable bonds is 7. The number of aromatic nitrogens is 2. The first kappa shape index (κ1) is 31.0. The standard InChI is InChI=1S/C31H36F3N7O4/c1-3-39-28-24(23(17-7-8-17)25(29(39)43)37-27(42)18-5-4-6-19(13-18)31(32,33)34)26(38-41(28)21-9-11-45-12-10-21)30(44)40-16-20(36-2)14-22(40)15-35/h4-6,13,17,20-23,25,36H,3,7-12,14,16H2,1-2H3,(H,37,42)/t20-,22+,23-,25?/m0/s1. The van der Waals surface area contributed by atoms with E-state index < -0.39 is 47.5 Å². The topological polar surface area (TPSA) is 133 Å². The smallest absolute Gasteiger partial charge is 0.381 e. The zero-order valence-electron chi connectivity index (χ0n) is 25.1. The molecular formula is C31H36F3N7O4. The lowest BCUT2D eigenvalue weighted by Crippen LogP contribution is -2.56. The summed E-state index contributed by atoms with van der Waals surface area (Å²) in [4.78, 5) is 45.1. The number of likely N-dealkylation sites (N-methyl/N-ethyl adjacent to an activating group) is 2. The maximum absolute atomic E-state index is 14.3. The molecule has 4 atom stereocenters. The summed E-state index contributed by atoms with van der Waals surface area (Å²) in [6.07, 6.45) is -1.42. The van der Waals surface area contributed by atoms with Gasteiger partial charge >= 0.3 is 6.18 Å². The van der Waals surface area contributed by atoms with E-state index in [1.54, 1.807) is 18.7 Å². The van der Waals surface area contributed by atoms with Crippen LogP contribution in [0, 0.1) is 17.2 Å².